The maximum absolute atomic E-state index is 12.9. The molecule has 0 aliphatic heterocycles. The molecule has 0 radical (unpaired) electrons. The zero-order chi connectivity index (χ0) is 17.8. The van der Waals surface area contributed by atoms with Crippen LogP contribution in [0.1, 0.15) is 27.3 Å². The highest BCUT2D eigenvalue weighted by molar-refractivity contribution is 5.96. The van der Waals surface area contributed by atoms with Crippen molar-refractivity contribution < 1.29 is 9.18 Å². The Balaban J connectivity index is 1.78. The number of amides is 1. The van der Waals surface area contributed by atoms with Crippen LogP contribution in [0.15, 0.2) is 65.8 Å². The molecule has 1 heterocycles. The number of aromatic nitrogens is 1. The van der Waals surface area contributed by atoms with Crippen molar-refractivity contribution in [3.63, 3.8) is 0 Å². The smallest absolute Gasteiger partial charge is 0.273 e. The maximum Gasteiger partial charge on any atom is 0.273 e. The van der Waals surface area contributed by atoms with Crippen LogP contribution in [-0.2, 0) is 0 Å². The topological polar surface area (TPSA) is 46.4 Å². The molecular weight excluding hydrogens is 317 g/mol. The number of para-hydroxylation sites is 1. The zero-order valence-electron chi connectivity index (χ0n) is 14.0. The highest BCUT2D eigenvalue weighted by atomic mass is 19.1. The highest BCUT2D eigenvalue weighted by Crippen LogP contribution is 2.20. The molecule has 0 aliphatic rings. The van der Waals surface area contributed by atoms with E-state index in [0.29, 0.717) is 11.1 Å². The number of hydrogen-bond donors (Lipinski definition) is 1. The van der Waals surface area contributed by atoms with Gasteiger partial charge in [-0.25, -0.2) is 9.82 Å². The second-order valence-electron chi connectivity index (χ2n) is 5.71. The first-order valence-electron chi connectivity index (χ1n) is 7.89. The Bertz CT molecular complexity index is 912. The maximum atomic E-state index is 12.9. The molecule has 1 N–H and O–H groups in total. The number of halogens is 1. The summed E-state index contributed by atoms with van der Waals surface area (Å²) in [6, 6.07) is 17.6. The molecule has 126 valence electrons. The molecule has 3 aromatic rings. The highest BCUT2D eigenvalue weighted by Gasteiger charge is 2.16. The van der Waals surface area contributed by atoms with Crippen molar-refractivity contribution in [1.29, 1.82) is 0 Å². The van der Waals surface area contributed by atoms with E-state index in [1.54, 1.807) is 12.1 Å². The van der Waals surface area contributed by atoms with Gasteiger partial charge in [0.1, 0.15) is 5.82 Å². The average molecular weight is 335 g/mol. The van der Waals surface area contributed by atoms with Gasteiger partial charge in [-0.15, -0.1) is 0 Å². The molecule has 0 aliphatic carbocycles. The predicted octanol–water partition coefficient (Wildman–Crippen LogP) is 4.00. The molecule has 5 heteroatoms. The normalized spacial score (nSPS) is 11.0. The first kappa shape index (κ1) is 16.6. The molecule has 2 aromatic carbocycles. The largest absolute Gasteiger partial charge is 0.318 e. The van der Waals surface area contributed by atoms with Crippen LogP contribution in [0.4, 0.5) is 4.39 Å². The van der Waals surface area contributed by atoms with E-state index >= 15 is 0 Å². The van der Waals surface area contributed by atoms with Crippen LogP contribution in [-0.4, -0.2) is 16.7 Å². The molecule has 25 heavy (non-hydrogen) atoms. The molecule has 0 fully saturated rings. The van der Waals surface area contributed by atoms with Gasteiger partial charge in [-0.05, 0) is 49.7 Å². The predicted molar refractivity (Wildman–Crippen MR) is 96.7 cm³/mol. The van der Waals surface area contributed by atoms with Gasteiger partial charge in [0.25, 0.3) is 5.91 Å². The molecule has 3 rings (SSSR count). The minimum Gasteiger partial charge on any atom is -0.318 e. The minimum absolute atomic E-state index is 0.284. The fourth-order valence-electron chi connectivity index (χ4n) is 2.74. The van der Waals surface area contributed by atoms with Gasteiger partial charge in [0.15, 0.2) is 0 Å². The Kier molecular flexibility index (Phi) is 4.75. The lowest BCUT2D eigenvalue weighted by atomic mass is 10.2. The summed E-state index contributed by atoms with van der Waals surface area (Å²) in [5.41, 5.74) is 6.61. The standard InChI is InChI=1S/C20H18FN3O/c1-14-12-19(15(2)24(14)18-6-4-3-5-7-18)20(25)23-22-13-16-8-10-17(21)11-9-16/h3-13H,1-2H3,(H,23,25)/b22-13+. The van der Waals surface area contributed by atoms with E-state index < -0.39 is 0 Å². The number of aryl methyl sites for hydroxylation is 1. The van der Waals surface area contributed by atoms with E-state index in [1.165, 1.54) is 18.3 Å². The lowest BCUT2D eigenvalue weighted by molar-refractivity contribution is 0.0954. The Labute approximate surface area is 145 Å². The Morgan fingerprint density at radius 2 is 1.76 bits per heavy atom. The lowest BCUT2D eigenvalue weighted by Crippen LogP contribution is -2.18. The third-order valence-corrected chi connectivity index (χ3v) is 3.94. The van der Waals surface area contributed by atoms with Crippen molar-refractivity contribution in [3.8, 4) is 5.69 Å². The third-order valence-electron chi connectivity index (χ3n) is 3.94. The summed E-state index contributed by atoms with van der Waals surface area (Å²) >= 11 is 0. The van der Waals surface area contributed by atoms with E-state index in [9.17, 15) is 9.18 Å². The third kappa shape index (κ3) is 3.66. The van der Waals surface area contributed by atoms with Crippen LogP contribution < -0.4 is 5.43 Å². The fourth-order valence-corrected chi connectivity index (χ4v) is 2.74. The SMILES string of the molecule is Cc1cc(C(=O)N/N=C/c2ccc(F)cc2)c(C)n1-c1ccccc1. The molecule has 0 saturated carbocycles. The van der Waals surface area contributed by atoms with Crippen molar-refractivity contribution >= 4 is 12.1 Å². The van der Waals surface area contributed by atoms with E-state index in [2.05, 4.69) is 10.5 Å². The number of carbonyl (C=O) groups excluding carboxylic acids is 1. The Morgan fingerprint density at radius 3 is 2.44 bits per heavy atom. The van der Waals surface area contributed by atoms with E-state index in [4.69, 9.17) is 0 Å². The summed E-state index contributed by atoms with van der Waals surface area (Å²) < 4.78 is 14.9. The second kappa shape index (κ2) is 7.13. The van der Waals surface area contributed by atoms with Gasteiger partial charge in [0.2, 0.25) is 0 Å². The first-order chi connectivity index (χ1) is 12.1. The number of rotatable bonds is 4. The number of nitrogens with zero attached hydrogens (tertiary/aromatic N) is 2. The van der Waals surface area contributed by atoms with Gasteiger partial charge in [0, 0.05) is 17.1 Å². The van der Waals surface area contributed by atoms with Crippen LogP contribution in [0.5, 0.6) is 0 Å². The monoisotopic (exact) mass is 335 g/mol. The van der Waals surface area contributed by atoms with Gasteiger partial charge in [-0.3, -0.25) is 4.79 Å². The number of carbonyl (C=O) groups is 1. The number of nitrogens with one attached hydrogen (secondary N) is 1. The summed E-state index contributed by atoms with van der Waals surface area (Å²) in [6.45, 7) is 3.86. The zero-order valence-corrected chi connectivity index (χ0v) is 14.0. The van der Waals surface area contributed by atoms with Gasteiger partial charge in [-0.2, -0.15) is 5.10 Å². The molecule has 0 atom stereocenters. The van der Waals surface area contributed by atoms with Crippen LogP contribution in [0.2, 0.25) is 0 Å². The van der Waals surface area contributed by atoms with Gasteiger partial charge >= 0.3 is 0 Å². The quantitative estimate of drug-likeness (QED) is 0.568. The number of hydrazone groups is 1. The van der Waals surface area contributed by atoms with E-state index in [1.807, 2.05) is 54.8 Å². The summed E-state index contributed by atoms with van der Waals surface area (Å²) in [5.74, 6) is -0.594. The van der Waals surface area contributed by atoms with E-state index in [-0.39, 0.29) is 11.7 Å². The van der Waals surface area contributed by atoms with Crippen LogP contribution in [0, 0.1) is 19.7 Å². The fraction of sp³-hybridized carbons (Fsp3) is 0.100. The molecule has 0 saturated heterocycles. The van der Waals surface area contributed by atoms with Crippen molar-refractivity contribution in [2.24, 2.45) is 5.10 Å². The van der Waals surface area contributed by atoms with Crippen molar-refractivity contribution in [1.82, 2.24) is 9.99 Å². The minimum atomic E-state index is -0.311. The molecule has 4 nitrogen and oxygen atoms in total. The molecule has 1 amide bonds. The Morgan fingerprint density at radius 1 is 1.08 bits per heavy atom. The summed E-state index contributed by atoms with van der Waals surface area (Å²) in [6.07, 6.45) is 1.48. The molecule has 0 unspecified atom stereocenters. The molecular formula is C20H18FN3O. The molecule has 0 spiro atoms. The lowest BCUT2D eigenvalue weighted by Gasteiger charge is -2.09. The summed E-state index contributed by atoms with van der Waals surface area (Å²) in [4.78, 5) is 12.4. The molecule has 1 aromatic heterocycles. The van der Waals surface area contributed by atoms with E-state index in [0.717, 1.165) is 17.1 Å². The molecule has 0 bridgehead atoms. The first-order valence-corrected chi connectivity index (χ1v) is 7.89. The van der Waals surface area contributed by atoms with Crippen molar-refractivity contribution in [2.75, 3.05) is 0 Å². The number of hydrogen-bond acceptors (Lipinski definition) is 2. The Hall–Kier alpha value is -3.21. The van der Waals surface area contributed by atoms with Crippen LogP contribution >= 0.6 is 0 Å². The van der Waals surface area contributed by atoms with Gasteiger partial charge in [0.05, 0.1) is 11.8 Å². The second-order valence-corrected chi connectivity index (χ2v) is 5.71. The van der Waals surface area contributed by atoms with Crippen LogP contribution in [0.25, 0.3) is 5.69 Å². The summed E-state index contributed by atoms with van der Waals surface area (Å²) in [7, 11) is 0. The van der Waals surface area contributed by atoms with Crippen LogP contribution in [0.3, 0.4) is 0 Å². The van der Waals surface area contributed by atoms with Gasteiger partial charge < -0.3 is 4.57 Å². The number of benzene rings is 2. The van der Waals surface area contributed by atoms with Crippen molar-refractivity contribution in [3.05, 3.63) is 89.0 Å². The van der Waals surface area contributed by atoms with Gasteiger partial charge in [-0.1, -0.05) is 30.3 Å². The van der Waals surface area contributed by atoms with Crippen molar-refractivity contribution in [2.45, 2.75) is 13.8 Å². The average Bonchev–Trinajstić information content (AvgIpc) is 2.92. The summed E-state index contributed by atoms with van der Waals surface area (Å²) in [5, 5.41) is 3.94.